The summed E-state index contributed by atoms with van der Waals surface area (Å²) in [5.41, 5.74) is 14.8. The number of carbonyl (C=O) groups excluding carboxylic acids is 2. The smallest absolute Gasteiger partial charge is 0.240 e. The molecule has 13 heteroatoms. The van der Waals surface area contributed by atoms with Crippen molar-refractivity contribution < 1.29 is 27.2 Å². The highest BCUT2D eigenvalue weighted by molar-refractivity contribution is 5.92. The van der Waals surface area contributed by atoms with Crippen molar-refractivity contribution in [1.82, 2.24) is 24.3 Å². The van der Waals surface area contributed by atoms with E-state index in [2.05, 4.69) is 4.98 Å². The van der Waals surface area contributed by atoms with Gasteiger partial charge in [0.15, 0.2) is 5.82 Å². The number of aromatic nitrogens is 3. The molecule has 2 amide bonds. The van der Waals surface area contributed by atoms with Gasteiger partial charge in [0, 0.05) is 42.4 Å². The molecule has 2 aromatic heterocycles. The van der Waals surface area contributed by atoms with Crippen LogP contribution >= 0.6 is 0 Å². The van der Waals surface area contributed by atoms with Gasteiger partial charge in [0.1, 0.15) is 24.0 Å². The lowest BCUT2D eigenvalue weighted by Gasteiger charge is -2.29. The van der Waals surface area contributed by atoms with E-state index in [4.69, 9.17) is 16.5 Å². The van der Waals surface area contributed by atoms with Crippen LogP contribution in [0.3, 0.4) is 0 Å². The molecule has 2 aromatic carbocycles. The molecule has 47 heavy (non-hydrogen) atoms. The number of aromatic amines is 1. The van der Waals surface area contributed by atoms with E-state index in [-0.39, 0.29) is 56.6 Å². The SMILES string of the molecule is CCC(N)C(=O)N1C[C@@H](F)C[C@H]1Cc1c(-c2nc3cc(F)ccc3n2C[C@@H]2C[C@H](F)CN2C(=O)C(N)C(C)C)[nH]c2cc(F)ccc12. The van der Waals surface area contributed by atoms with E-state index in [0.717, 1.165) is 0 Å². The van der Waals surface area contributed by atoms with Crippen LogP contribution in [0.2, 0.25) is 0 Å². The van der Waals surface area contributed by atoms with Crippen molar-refractivity contribution in [3.05, 3.63) is 53.6 Å². The summed E-state index contributed by atoms with van der Waals surface area (Å²) in [5.74, 6) is -1.45. The van der Waals surface area contributed by atoms with Gasteiger partial charge in [-0.1, -0.05) is 20.8 Å². The van der Waals surface area contributed by atoms with Crippen LogP contribution in [0.25, 0.3) is 33.5 Å². The molecule has 252 valence electrons. The number of fused-ring (bicyclic) bond motifs is 2. The van der Waals surface area contributed by atoms with Crippen LogP contribution in [-0.2, 0) is 22.6 Å². The standard InChI is InChI=1S/C34H41F4N7O2/c1-4-26(39)33(46)43-14-20(37)9-22(43)13-25-24-7-5-18(35)11-27(24)41-31(25)32-42-28-12-19(36)6-8-29(28)45(32)16-23-10-21(38)15-44(23)34(47)30(40)17(2)3/h5-8,11-12,17,20-23,26,30,41H,4,9-10,13-16,39-40H2,1-3H3/t20-,21-,22-,23-,26?,30?/m0/s1. The Labute approximate surface area is 270 Å². The van der Waals surface area contributed by atoms with Gasteiger partial charge >= 0.3 is 0 Å². The first kappa shape index (κ1) is 33.0. The van der Waals surface area contributed by atoms with Crippen molar-refractivity contribution in [2.24, 2.45) is 17.4 Å². The van der Waals surface area contributed by atoms with Gasteiger partial charge in [-0.3, -0.25) is 9.59 Å². The molecule has 2 unspecified atom stereocenters. The Kier molecular flexibility index (Phi) is 9.05. The Morgan fingerprint density at radius 1 is 0.957 bits per heavy atom. The van der Waals surface area contributed by atoms with Gasteiger partial charge in [-0.05, 0) is 54.7 Å². The Morgan fingerprint density at radius 2 is 1.60 bits per heavy atom. The van der Waals surface area contributed by atoms with E-state index in [9.17, 15) is 27.2 Å². The first-order chi connectivity index (χ1) is 22.4. The van der Waals surface area contributed by atoms with E-state index < -0.39 is 48.1 Å². The minimum absolute atomic E-state index is 0.0736. The van der Waals surface area contributed by atoms with E-state index >= 15 is 0 Å². The van der Waals surface area contributed by atoms with Crippen LogP contribution in [0.4, 0.5) is 17.6 Å². The number of hydrogen-bond donors (Lipinski definition) is 3. The number of nitrogens with zero attached hydrogens (tertiary/aromatic N) is 4. The molecule has 0 spiro atoms. The third kappa shape index (κ3) is 6.22. The Hall–Kier alpha value is -3.97. The summed E-state index contributed by atoms with van der Waals surface area (Å²) in [7, 11) is 0. The number of H-pyrrole nitrogens is 1. The van der Waals surface area contributed by atoms with Gasteiger partial charge in [-0.15, -0.1) is 0 Å². The maximum atomic E-state index is 14.9. The molecule has 2 aliphatic heterocycles. The summed E-state index contributed by atoms with van der Waals surface area (Å²) in [4.78, 5) is 37.6. The summed E-state index contributed by atoms with van der Waals surface area (Å²) >= 11 is 0. The minimum Gasteiger partial charge on any atom is -0.352 e. The van der Waals surface area contributed by atoms with Crippen LogP contribution in [0.15, 0.2) is 36.4 Å². The second-order valence-electron chi connectivity index (χ2n) is 13.3. The van der Waals surface area contributed by atoms with E-state index in [1.54, 1.807) is 19.1 Å². The molecular formula is C34H41F4N7O2. The average molecular weight is 656 g/mol. The molecule has 0 radical (unpaired) electrons. The summed E-state index contributed by atoms with van der Waals surface area (Å²) in [6, 6.07) is 5.80. The summed E-state index contributed by atoms with van der Waals surface area (Å²) in [6.45, 7) is 5.42. The minimum atomic E-state index is -1.25. The monoisotopic (exact) mass is 655 g/mol. The van der Waals surface area contributed by atoms with Crippen molar-refractivity contribution >= 4 is 33.8 Å². The third-order valence-corrected chi connectivity index (χ3v) is 9.69. The zero-order valence-corrected chi connectivity index (χ0v) is 26.7. The van der Waals surface area contributed by atoms with Crippen molar-refractivity contribution in [3.8, 4) is 11.5 Å². The van der Waals surface area contributed by atoms with Crippen LogP contribution in [0, 0.1) is 17.6 Å². The molecule has 2 aliphatic rings. The van der Waals surface area contributed by atoms with Crippen molar-refractivity contribution in [1.29, 1.82) is 0 Å². The second-order valence-corrected chi connectivity index (χ2v) is 13.3. The van der Waals surface area contributed by atoms with Crippen LogP contribution in [0.1, 0.15) is 45.6 Å². The molecule has 6 atom stereocenters. The fourth-order valence-electron chi connectivity index (χ4n) is 7.05. The zero-order valence-electron chi connectivity index (χ0n) is 26.7. The fourth-order valence-corrected chi connectivity index (χ4v) is 7.05. The lowest BCUT2D eigenvalue weighted by Crippen LogP contribution is -2.49. The zero-order chi connectivity index (χ0) is 33.7. The highest BCUT2D eigenvalue weighted by atomic mass is 19.1. The number of imidazole rings is 1. The van der Waals surface area contributed by atoms with E-state index in [0.29, 0.717) is 45.4 Å². The number of alkyl halides is 2. The molecule has 5 N–H and O–H groups in total. The van der Waals surface area contributed by atoms with E-state index in [1.165, 1.54) is 34.1 Å². The Balaban J connectivity index is 1.47. The molecule has 0 aliphatic carbocycles. The molecule has 2 saturated heterocycles. The highest BCUT2D eigenvalue weighted by Crippen LogP contribution is 2.37. The fraction of sp³-hybridized carbons (Fsp3) is 0.500. The number of hydrogen-bond acceptors (Lipinski definition) is 5. The maximum absolute atomic E-state index is 14.9. The number of benzene rings is 2. The summed E-state index contributed by atoms with van der Waals surface area (Å²) in [5, 5.41) is 0.657. The van der Waals surface area contributed by atoms with Gasteiger partial charge in [-0.2, -0.15) is 0 Å². The van der Waals surface area contributed by atoms with Gasteiger partial charge in [-0.25, -0.2) is 22.5 Å². The van der Waals surface area contributed by atoms with Gasteiger partial charge in [0.05, 0.1) is 47.9 Å². The molecule has 4 heterocycles. The Bertz CT molecular complexity index is 1810. The molecule has 9 nitrogen and oxygen atoms in total. The summed E-state index contributed by atoms with van der Waals surface area (Å²) < 4.78 is 60.6. The third-order valence-electron chi connectivity index (χ3n) is 9.69. The predicted octanol–water partition coefficient (Wildman–Crippen LogP) is 4.60. The Morgan fingerprint density at radius 3 is 2.28 bits per heavy atom. The summed E-state index contributed by atoms with van der Waals surface area (Å²) in [6.07, 6.45) is -1.69. The van der Waals surface area contributed by atoms with Gasteiger partial charge in [0.25, 0.3) is 0 Å². The molecular weight excluding hydrogens is 614 g/mol. The number of rotatable bonds is 9. The van der Waals surface area contributed by atoms with E-state index in [1.807, 2.05) is 18.4 Å². The number of carbonyl (C=O) groups is 2. The average Bonchev–Trinajstić information content (AvgIpc) is 3.78. The topological polar surface area (TPSA) is 126 Å². The highest BCUT2D eigenvalue weighted by Gasteiger charge is 2.40. The number of nitrogens with one attached hydrogen (secondary N) is 1. The number of nitrogens with two attached hydrogens (primary N) is 2. The van der Waals surface area contributed by atoms with Crippen LogP contribution in [0.5, 0.6) is 0 Å². The molecule has 0 saturated carbocycles. The van der Waals surface area contributed by atoms with Gasteiger partial charge < -0.3 is 30.8 Å². The number of likely N-dealkylation sites (tertiary alicyclic amines) is 2. The van der Waals surface area contributed by atoms with Crippen LogP contribution in [-0.4, -0.2) is 85.7 Å². The van der Waals surface area contributed by atoms with Crippen molar-refractivity contribution in [2.75, 3.05) is 13.1 Å². The van der Waals surface area contributed by atoms with Crippen LogP contribution < -0.4 is 11.5 Å². The first-order valence-electron chi connectivity index (χ1n) is 16.2. The molecule has 4 aromatic rings. The second kappa shape index (κ2) is 12.9. The molecule has 0 bridgehead atoms. The molecule has 2 fully saturated rings. The maximum Gasteiger partial charge on any atom is 0.240 e. The predicted molar refractivity (Wildman–Crippen MR) is 172 cm³/mol. The first-order valence-corrected chi connectivity index (χ1v) is 16.2. The molecule has 6 rings (SSSR count). The van der Waals surface area contributed by atoms with Crippen molar-refractivity contribution in [2.45, 2.75) is 89.5 Å². The number of amides is 2. The quantitative estimate of drug-likeness (QED) is 0.227. The largest absolute Gasteiger partial charge is 0.352 e. The lowest BCUT2D eigenvalue weighted by atomic mass is 9.99. The van der Waals surface area contributed by atoms with Gasteiger partial charge in [0.2, 0.25) is 11.8 Å². The van der Waals surface area contributed by atoms with Crippen molar-refractivity contribution in [3.63, 3.8) is 0 Å². The normalized spacial score (nSPS) is 23.0. The lowest BCUT2D eigenvalue weighted by molar-refractivity contribution is -0.135. The number of halogens is 4.